The van der Waals surface area contributed by atoms with Gasteiger partial charge in [0.05, 0.1) is 18.6 Å². The molecule has 3 heteroatoms. The second-order valence-electron chi connectivity index (χ2n) is 1.66. The minimum absolute atomic E-state index is 0.552. The first kappa shape index (κ1) is 5.86. The number of nitrogens with zero attached hydrogens (tertiary/aromatic N) is 1. The molecule has 0 aliphatic rings. The fraction of sp³-hybridized carbons (Fsp3) is 0.167. The van der Waals surface area contributed by atoms with Gasteiger partial charge >= 0.3 is 0 Å². The van der Waals surface area contributed by atoms with Gasteiger partial charge in [-0.25, -0.2) is 0 Å². The predicted molar refractivity (Wildman–Crippen MR) is 31.2 cm³/mol. The van der Waals surface area contributed by atoms with Crippen molar-refractivity contribution in [3.63, 3.8) is 0 Å². The Morgan fingerprint density at radius 3 is 3.00 bits per heavy atom. The molecule has 1 heterocycles. The van der Waals surface area contributed by atoms with Gasteiger partial charge in [0.2, 0.25) is 0 Å². The van der Waals surface area contributed by atoms with Crippen LogP contribution >= 0.6 is 0 Å². The van der Waals surface area contributed by atoms with Gasteiger partial charge in [0.1, 0.15) is 6.04 Å². The molecule has 46 valence electrons. The van der Waals surface area contributed by atoms with Crippen molar-refractivity contribution >= 4 is 0 Å². The molecule has 0 saturated heterocycles. The van der Waals surface area contributed by atoms with Crippen molar-refractivity contribution in [2.45, 2.75) is 6.04 Å². The molecule has 1 unspecified atom stereocenters. The lowest BCUT2D eigenvalue weighted by atomic mass is 10.2. The van der Waals surface area contributed by atoms with E-state index in [4.69, 9.17) is 15.4 Å². The van der Waals surface area contributed by atoms with Crippen LogP contribution in [0.4, 0.5) is 0 Å². The summed E-state index contributed by atoms with van der Waals surface area (Å²) in [7, 11) is 0. The van der Waals surface area contributed by atoms with Crippen molar-refractivity contribution in [1.29, 1.82) is 5.26 Å². The average molecular weight is 122 g/mol. The van der Waals surface area contributed by atoms with E-state index in [-0.39, 0.29) is 0 Å². The summed E-state index contributed by atoms with van der Waals surface area (Å²) < 4.78 is 4.71. The molecule has 3 nitrogen and oxygen atoms in total. The minimum atomic E-state index is -0.552. The molecule has 0 bridgehead atoms. The molecule has 0 radical (unpaired) electrons. The molecule has 0 aliphatic heterocycles. The van der Waals surface area contributed by atoms with E-state index in [2.05, 4.69) is 0 Å². The van der Waals surface area contributed by atoms with E-state index in [9.17, 15) is 0 Å². The topological polar surface area (TPSA) is 63.0 Å². The van der Waals surface area contributed by atoms with Crippen molar-refractivity contribution in [2.24, 2.45) is 5.73 Å². The van der Waals surface area contributed by atoms with Gasteiger partial charge < -0.3 is 10.2 Å². The fourth-order valence-corrected chi connectivity index (χ4v) is 0.526. The van der Waals surface area contributed by atoms with E-state index in [0.717, 1.165) is 5.56 Å². The highest BCUT2D eigenvalue weighted by molar-refractivity contribution is 5.17. The lowest BCUT2D eigenvalue weighted by Gasteiger charge is -1.92. The molecule has 0 aromatic carbocycles. The summed E-state index contributed by atoms with van der Waals surface area (Å²) in [6, 6.07) is 3.01. The summed E-state index contributed by atoms with van der Waals surface area (Å²) in [4.78, 5) is 0. The van der Waals surface area contributed by atoms with Gasteiger partial charge in [-0.2, -0.15) is 5.26 Å². The van der Waals surface area contributed by atoms with E-state index < -0.39 is 6.04 Å². The first-order valence-electron chi connectivity index (χ1n) is 2.52. The fourth-order valence-electron chi connectivity index (χ4n) is 0.526. The van der Waals surface area contributed by atoms with Crippen LogP contribution in [0.15, 0.2) is 23.0 Å². The zero-order chi connectivity index (χ0) is 6.69. The zero-order valence-corrected chi connectivity index (χ0v) is 4.74. The molecular weight excluding hydrogens is 116 g/mol. The van der Waals surface area contributed by atoms with Crippen LogP contribution in [0, 0.1) is 11.3 Å². The van der Waals surface area contributed by atoms with Crippen LogP contribution in [-0.4, -0.2) is 0 Å². The second-order valence-corrected chi connectivity index (χ2v) is 1.66. The summed E-state index contributed by atoms with van der Waals surface area (Å²) in [6.45, 7) is 0. The lowest BCUT2D eigenvalue weighted by Crippen LogP contribution is -2.05. The Balaban J connectivity index is 2.80. The maximum atomic E-state index is 8.29. The number of furan rings is 1. The van der Waals surface area contributed by atoms with Crippen LogP contribution in [0.2, 0.25) is 0 Å². The van der Waals surface area contributed by atoms with Gasteiger partial charge in [0.25, 0.3) is 0 Å². The van der Waals surface area contributed by atoms with E-state index in [1.807, 2.05) is 6.07 Å². The maximum absolute atomic E-state index is 8.29. The summed E-state index contributed by atoms with van der Waals surface area (Å²) in [6.07, 6.45) is 2.96. The number of hydrogen-bond acceptors (Lipinski definition) is 3. The zero-order valence-electron chi connectivity index (χ0n) is 4.74. The van der Waals surface area contributed by atoms with Gasteiger partial charge in [0.15, 0.2) is 0 Å². The molecule has 1 rings (SSSR count). The van der Waals surface area contributed by atoms with Crippen LogP contribution in [0.1, 0.15) is 11.6 Å². The van der Waals surface area contributed by atoms with Crippen LogP contribution in [0.25, 0.3) is 0 Å². The van der Waals surface area contributed by atoms with Gasteiger partial charge in [-0.1, -0.05) is 0 Å². The van der Waals surface area contributed by atoms with E-state index in [1.165, 1.54) is 12.5 Å². The maximum Gasteiger partial charge on any atom is 0.121 e. The number of rotatable bonds is 1. The van der Waals surface area contributed by atoms with Gasteiger partial charge in [-0.3, -0.25) is 0 Å². The molecule has 0 fully saturated rings. The Morgan fingerprint density at radius 1 is 1.78 bits per heavy atom. The molecule has 1 aromatic heterocycles. The second kappa shape index (κ2) is 2.33. The van der Waals surface area contributed by atoms with Crippen LogP contribution in [0.3, 0.4) is 0 Å². The molecule has 1 atom stereocenters. The Bertz CT molecular complexity index is 209. The highest BCUT2D eigenvalue weighted by atomic mass is 16.3. The average Bonchev–Trinajstić information content (AvgIpc) is 2.37. The molecule has 2 N–H and O–H groups in total. The lowest BCUT2D eigenvalue weighted by molar-refractivity contribution is 0.562. The van der Waals surface area contributed by atoms with Crippen molar-refractivity contribution < 1.29 is 4.42 Å². The van der Waals surface area contributed by atoms with Crippen molar-refractivity contribution in [1.82, 2.24) is 0 Å². The monoisotopic (exact) mass is 122 g/mol. The van der Waals surface area contributed by atoms with E-state index >= 15 is 0 Å². The Morgan fingerprint density at radius 2 is 2.56 bits per heavy atom. The van der Waals surface area contributed by atoms with E-state index in [0.29, 0.717) is 0 Å². The largest absolute Gasteiger partial charge is 0.472 e. The first-order chi connectivity index (χ1) is 4.34. The van der Waals surface area contributed by atoms with E-state index in [1.54, 1.807) is 6.07 Å². The standard InChI is InChI=1S/C6H6N2O/c7-3-6(8)5-1-2-9-4-5/h1-2,4,6H,8H2. The smallest absolute Gasteiger partial charge is 0.121 e. The third kappa shape index (κ3) is 1.09. The quantitative estimate of drug-likeness (QED) is 0.599. The third-order valence-corrected chi connectivity index (χ3v) is 1.04. The summed E-state index contributed by atoms with van der Waals surface area (Å²) >= 11 is 0. The summed E-state index contributed by atoms with van der Waals surface area (Å²) in [5, 5.41) is 8.29. The van der Waals surface area contributed by atoms with Gasteiger partial charge in [0, 0.05) is 5.56 Å². The van der Waals surface area contributed by atoms with Crippen molar-refractivity contribution in [3.05, 3.63) is 24.2 Å². The first-order valence-corrected chi connectivity index (χ1v) is 2.52. The third-order valence-electron chi connectivity index (χ3n) is 1.04. The van der Waals surface area contributed by atoms with Crippen molar-refractivity contribution in [2.75, 3.05) is 0 Å². The highest BCUT2D eigenvalue weighted by Crippen LogP contribution is 2.07. The Kier molecular flexibility index (Phi) is 1.52. The molecule has 0 aliphatic carbocycles. The highest BCUT2D eigenvalue weighted by Gasteiger charge is 2.02. The van der Waals surface area contributed by atoms with Crippen LogP contribution < -0.4 is 5.73 Å². The number of nitriles is 1. The summed E-state index contributed by atoms with van der Waals surface area (Å²) in [5.74, 6) is 0. The minimum Gasteiger partial charge on any atom is -0.472 e. The van der Waals surface area contributed by atoms with Gasteiger partial charge in [-0.15, -0.1) is 0 Å². The molecule has 0 amide bonds. The number of hydrogen-bond donors (Lipinski definition) is 1. The van der Waals surface area contributed by atoms with Gasteiger partial charge in [-0.05, 0) is 6.07 Å². The normalized spacial score (nSPS) is 12.4. The number of nitrogens with two attached hydrogens (primary N) is 1. The summed E-state index contributed by atoms with van der Waals surface area (Å²) in [5.41, 5.74) is 6.04. The van der Waals surface area contributed by atoms with Crippen LogP contribution in [-0.2, 0) is 0 Å². The van der Waals surface area contributed by atoms with Crippen LogP contribution in [0.5, 0.6) is 0 Å². The van der Waals surface area contributed by atoms with Crippen molar-refractivity contribution in [3.8, 4) is 6.07 Å². The molecule has 0 saturated carbocycles. The SMILES string of the molecule is N#CC(N)c1ccoc1. The Hall–Kier alpha value is -1.27. The molecule has 9 heavy (non-hydrogen) atoms. The molecule has 1 aromatic rings. The molecular formula is C6H6N2O. The molecule has 0 spiro atoms. The predicted octanol–water partition coefficient (Wildman–Crippen LogP) is 0.803. The Labute approximate surface area is 52.7 Å².